The van der Waals surface area contributed by atoms with E-state index in [1.807, 2.05) is 23.7 Å². The molecule has 1 aliphatic heterocycles. The third-order valence-corrected chi connectivity index (χ3v) is 5.46. The highest BCUT2D eigenvalue weighted by Crippen LogP contribution is 2.25. The summed E-state index contributed by atoms with van der Waals surface area (Å²) >= 11 is 0. The predicted octanol–water partition coefficient (Wildman–Crippen LogP) is 1.31. The number of benzene rings is 1. The van der Waals surface area contributed by atoms with Gasteiger partial charge in [-0.3, -0.25) is 0 Å². The van der Waals surface area contributed by atoms with E-state index in [2.05, 4.69) is 38.8 Å². The molecule has 4 rings (SSSR count). The van der Waals surface area contributed by atoms with Gasteiger partial charge in [-0.15, -0.1) is 10.2 Å². The van der Waals surface area contributed by atoms with Crippen molar-refractivity contribution in [3.8, 4) is 0 Å². The van der Waals surface area contributed by atoms with Gasteiger partial charge < -0.3 is 19.1 Å². The zero-order valence-corrected chi connectivity index (χ0v) is 15.5. The van der Waals surface area contributed by atoms with E-state index in [4.69, 9.17) is 4.98 Å². The molecular weight excluding hydrogens is 328 g/mol. The number of likely N-dealkylation sites (tertiary alicyclic amines) is 1. The van der Waals surface area contributed by atoms with E-state index in [0.29, 0.717) is 13.0 Å². The Bertz CT molecular complexity index is 900. The first-order valence-corrected chi connectivity index (χ1v) is 9.22. The lowest BCUT2D eigenvalue weighted by atomic mass is 9.89. The van der Waals surface area contributed by atoms with Gasteiger partial charge in [-0.2, -0.15) is 0 Å². The first-order chi connectivity index (χ1) is 12.5. The summed E-state index contributed by atoms with van der Waals surface area (Å²) in [7, 11) is 4.00. The third kappa shape index (κ3) is 3.37. The maximum absolute atomic E-state index is 11.1. The average molecular weight is 354 g/mol. The molecule has 0 aliphatic carbocycles. The van der Waals surface area contributed by atoms with Crippen LogP contribution in [0.3, 0.4) is 0 Å². The predicted molar refractivity (Wildman–Crippen MR) is 99.7 cm³/mol. The third-order valence-electron chi connectivity index (χ3n) is 5.46. The number of nitrogens with zero attached hydrogens (tertiary/aromatic N) is 6. The van der Waals surface area contributed by atoms with E-state index >= 15 is 0 Å². The molecule has 0 saturated carbocycles. The monoisotopic (exact) mass is 354 g/mol. The summed E-state index contributed by atoms with van der Waals surface area (Å²) in [5, 5.41) is 19.1. The minimum Gasteiger partial charge on any atom is -0.388 e. The SMILES string of the molecule is Cn1cnnc1CC1(O)CCCN(CCc2nc3ccccc3n2C)C1. The van der Waals surface area contributed by atoms with Gasteiger partial charge >= 0.3 is 0 Å². The van der Waals surface area contributed by atoms with Gasteiger partial charge in [0.1, 0.15) is 18.0 Å². The van der Waals surface area contributed by atoms with Crippen LogP contribution in [0.15, 0.2) is 30.6 Å². The van der Waals surface area contributed by atoms with Crippen LogP contribution < -0.4 is 0 Å². The van der Waals surface area contributed by atoms with Crippen LogP contribution in [0.2, 0.25) is 0 Å². The number of hydrogen-bond donors (Lipinski definition) is 1. The zero-order chi connectivity index (χ0) is 18.1. The summed E-state index contributed by atoms with van der Waals surface area (Å²) in [5.41, 5.74) is 1.48. The Morgan fingerprint density at radius 2 is 2.04 bits per heavy atom. The lowest BCUT2D eigenvalue weighted by Gasteiger charge is -2.39. The smallest absolute Gasteiger partial charge is 0.135 e. The van der Waals surface area contributed by atoms with Crippen LogP contribution in [0.5, 0.6) is 0 Å². The number of rotatable bonds is 5. The highest BCUT2D eigenvalue weighted by Gasteiger charge is 2.34. The van der Waals surface area contributed by atoms with Gasteiger partial charge in [-0.05, 0) is 31.5 Å². The maximum atomic E-state index is 11.1. The Hall–Kier alpha value is -2.25. The molecule has 7 nitrogen and oxygen atoms in total. The lowest BCUT2D eigenvalue weighted by molar-refractivity contribution is -0.0317. The van der Waals surface area contributed by atoms with E-state index < -0.39 is 5.60 Å². The number of β-amino-alcohol motifs (C(OH)–C–C–N with tert-alkyl or cyclic N) is 1. The molecule has 0 bridgehead atoms. The summed E-state index contributed by atoms with van der Waals surface area (Å²) in [6, 6.07) is 8.23. The molecule has 3 aromatic rings. The number of para-hydroxylation sites is 2. The van der Waals surface area contributed by atoms with E-state index in [9.17, 15) is 5.11 Å². The molecule has 1 unspecified atom stereocenters. The summed E-state index contributed by atoms with van der Waals surface area (Å²) in [5.74, 6) is 1.93. The molecule has 26 heavy (non-hydrogen) atoms. The first kappa shape index (κ1) is 17.2. The van der Waals surface area contributed by atoms with Crippen LogP contribution in [-0.2, 0) is 26.9 Å². The van der Waals surface area contributed by atoms with Crippen molar-refractivity contribution in [2.24, 2.45) is 14.1 Å². The number of aliphatic hydroxyl groups is 1. The fraction of sp³-hybridized carbons (Fsp3) is 0.526. The quantitative estimate of drug-likeness (QED) is 0.748. The first-order valence-electron chi connectivity index (χ1n) is 9.22. The van der Waals surface area contributed by atoms with Crippen LogP contribution in [0, 0.1) is 0 Å². The molecule has 0 spiro atoms. The standard InChI is InChI=1S/C19H26N6O/c1-23-14-20-22-18(23)12-19(26)9-5-10-25(13-19)11-8-17-21-15-6-3-4-7-16(15)24(17)2/h3-4,6-7,14,26H,5,8-13H2,1-2H3. The molecule has 138 valence electrons. The Morgan fingerprint density at radius 3 is 2.81 bits per heavy atom. The van der Waals surface area contributed by atoms with Crippen molar-refractivity contribution in [3.63, 3.8) is 0 Å². The largest absolute Gasteiger partial charge is 0.388 e. The van der Waals surface area contributed by atoms with Gasteiger partial charge in [0.15, 0.2) is 0 Å². The summed E-state index contributed by atoms with van der Waals surface area (Å²) in [6.07, 6.45) is 4.92. The molecule has 1 saturated heterocycles. The Labute approximate surface area is 153 Å². The molecule has 0 amide bonds. The van der Waals surface area contributed by atoms with Crippen molar-refractivity contribution in [2.75, 3.05) is 19.6 Å². The molecule has 7 heteroatoms. The number of fused-ring (bicyclic) bond motifs is 1. The Morgan fingerprint density at radius 1 is 1.19 bits per heavy atom. The molecule has 1 aliphatic rings. The number of imidazole rings is 1. The Balaban J connectivity index is 1.41. The second-order valence-corrected chi connectivity index (χ2v) is 7.46. The van der Waals surface area contributed by atoms with Gasteiger partial charge in [-0.25, -0.2) is 4.98 Å². The van der Waals surface area contributed by atoms with Crippen LogP contribution in [0.25, 0.3) is 11.0 Å². The molecule has 1 fully saturated rings. The average Bonchev–Trinajstić information content (AvgIpc) is 3.17. The van der Waals surface area contributed by atoms with Gasteiger partial charge in [0.05, 0.1) is 16.6 Å². The number of aryl methyl sites for hydroxylation is 2. The van der Waals surface area contributed by atoms with Crippen molar-refractivity contribution in [1.29, 1.82) is 0 Å². The minimum absolute atomic E-state index is 0.548. The highest BCUT2D eigenvalue weighted by atomic mass is 16.3. The van der Waals surface area contributed by atoms with Crippen molar-refractivity contribution in [1.82, 2.24) is 29.2 Å². The summed E-state index contributed by atoms with van der Waals surface area (Å²) in [4.78, 5) is 7.10. The van der Waals surface area contributed by atoms with Crippen LogP contribution in [0.1, 0.15) is 24.5 Å². The van der Waals surface area contributed by atoms with Crippen LogP contribution in [-0.4, -0.2) is 59.6 Å². The van der Waals surface area contributed by atoms with Gasteiger partial charge in [-0.1, -0.05) is 12.1 Å². The summed E-state index contributed by atoms with van der Waals surface area (Å²) in [6.45, 7) is 2.59. The molecule has 2 aromatic heterocycles. The molecule has 0 radical (unpaired) electrons. The zero-order valence-electron chi connectivity index (χ0n) is 15.5. The maximum Gasteiger partial charge on any atom is 0.135 e. The molecule has 1 aromatic carbocycles. The number of aromatic nitrogens is 5. The van der Waals surface area contributed by atoms with E-state index in [-0.39, 0.29) is 0 Å². The van der Waals surface area contributed by atoms with Crippen LogP contribution in [0.4, 0.5) is 0 Å². The normalized spacial score (nSPS) is 21.5. The highest BCUT2D eigenvalue weighted by molar-refractivity contribution is 5.75. The van der Waals surface area contributed by atoms with Crippen molar-refractivity contribution >= 4 is 11.0 Å². The second kappa shape index (κ2) is 6.81. The topological polar surface area (TPSA) is 72.0 Å². The Kier molecular flexibility index (Phi) is 4.50. The number of hydrogen-bond acceptors (Lipinski definition) is 5. The van der Waals surface area contributed by atoms with Gasteiger partial charge in [0.2, 0.25) is 0 Å². The van der Waals surface area contributed by atoms with E-state index in [1.165, 1.54) is 5.52 Å². The van der Waals surface area contributed by atoms with Gasteiger partial charge in [0.25, 0.3) is 0 Å². The lowest BCUT2D eigenvalue weighted by Crippen LogP contribution is -2.50. The second-order valence-electron chi connectivity index (χ2n) is 7.46. The van der Waals surface area contributed by atoms with E-state index in [1.54, 1.807) is 6.33 Å². The van der Waals surface area contributed by atoms with Crippen molar-refractivity contribution in [2.45, 2.75) is 31.3 Å². The molecule has 1 N–H and O–H groups in total. The molecule has 1 atom stereocenters. The molecular formula is C19H26N6O. The fourth-order valence-electron chi connectivity index (χ4n) is 3.98. The summed E-state index contributed by atoms with van der Waals surface area (Å²) < 4.78 is 4.06. The van der Waals surface area contributed by atoms with E-state index in [0.717, 1.165) is 49.5 Å². The molecule has 3 heterocycles. The minimum atomic E-state index is -0.731. The fourth-order valence-corrected chi connectivity index (χ4v) is 3.98. The van der Waals surface area contributed by atoms with Crippen molar-refractivity contribution in [3.05, 3.63) is 42.2 Å². The van der Waals surface area contributed by atoms with Gasteiger partial charge in [0, 0.05) is 40.0 Å². The number of piperidine rings is 1. The van der Waals surface area contributed by atoms with Crippen LogP contribution >= 0.6 is 0 Å². The van der Waals surface area contributed by atoms with Crippen molar-refractivity contribution < 1.29 is 5.11 Å².